The third-order valence-electron chi connectivity index (χ3n) is 2.63. The summed E-state index contributed by atoms with van der Waals surface area (Å²) in [7, 11) is 0. The highest BCUT2D eigenvalue weighted by molar-refractivity contribution is 5.12. The number of aromatic nitrogens is 1. The van der Waals surface area contributed by atoms with Crippen LogP contribution in [0.3, 0.4) is 0 Å². The number of hydrogen-bond donors (Lipinski definition) is 1. The highest BCUT2D eigenvalue weighted by Gasteiger charge is 2.22. The molecule has 1 atom stereocenters. The topological polar surface area (TPSA) is 38.9 Å². The first-order chi connectivity index (χ1) is 6.02. The summed E-state index contributed by atoms with van der Waals surface area (Å²) in [5, 5.41) is 0. The Hall–Kier alpha value is -0.890. The summed E-state index contributed by atoms with van der Waals surface area (Å²) in [5.41, 5.74) is 7.24. The van der Waals surface area contributed by atoms with E-state index in [9.17, 15) is 0 Å². The Labute approximate surface area is 80.2 Å². The van der Waals surface area contributed by atoms with Gasteiger partial charge in [-0.05, 0) is 30.9 Å². The lowest BCUT2D eigenvalue weighted by Gasteiger charge is -2.29. The van der Waals surface area contributed by atoms with Crippen LogP contribution >= 0.6 is 0 Å². The minimum Gasteiger partial charge on any atom is -0.325 e. The molecular formula is C11H18N2. The van der Waals surface area contributed by atoms with Gasteiger partial charge in [0, 0.05) is 17.9 Å². The molecule has 0 saturated carbocycles. The van der Waals surface area contributed by atoms with Gasteiger partial charge < -0.3 is 5.73 Å². The molecule has 1 unspecified atom stereocenters. The van der Waals surface area contributed by atoms with Gasteiger partial charge in [-0.25, -0.2) is 0 Å². The van der Waals surface area contributed by atoms with Crippen LogP contribution in [0.4, 0.5) is 0 Å². The lowest BCUT2D eigenvalue weighted by molar-refractivity contribution is 0.337. The Bertz CT molecular complexity index is 252. The average Bonchev–Trinajstić information content (AvgIpc) is 2.05. The van der Waals surface area contributed by atoms with Crippen molar-refractivity contribution in [2.75, 3.05) is 0 Å². The fourth-order valence-electron chi connectivity index (χ4n) is 1.15. The molecule has 1 aromatic rings. The van der Waals surface area contributed by atoms with E-state index in [1.54, 1.807) is 6.20 Å². The monoisotopic (exact) mass is 178 g/mol. The van der Waals surface area contributed by atoms with Gasteiger partial charge in [0.2, 0.25) is 0 Å². The van der Waals surface area contributed by atoms with E-state index in [-0.39, 0.29) is 5.54 Å². The van der Waals surface area contributed by atoms with Crippen molar-refractivity contribution in [2.45, 2.75) is 32.7 Å². The molecule has 1 heterocycles. The quantitative estimate of drug-likeness (QED) is 0.768. The Morgan fingerprint density at radius 1 is 1.54 bits per heavy atom. The largest absolute Gasteiger partial charge is 0.325 e. The van der Waals surface area contributed by atoms with E-state index in [0.717, 1.165) is 6.42 Å². The van der Waals surface area contributed by atoms with Crippen LogP contribution in [0.1, 0.15) is 26.3 Å². The van der Waals surface area contributed by atoms with Crippen LogP contribution in [0.2, 0.25) is 0 Å². The second kappa shape index (κ2) is 3.88. The molecule has 2 N–H and O–H groups in total. The van der Waals surface area contributed by atoms with Crippen LogP contribution in [-0.4, -0.2) is 10.5 Å². The maximum atomic E-state index is 6.16. The molecular weight excluding hydrogens is 160 g/mol. The molecule has 0 saturated heterocycles. The molecule has 0 bridgehead atoms. The molecule has 0 radical (unpaired) electrons. The van der Waals surface area contributed by atoms with Gasteiger partial charge in [0.25, 0.3) is 0 Å². The SMILES string of the molecule is CC(C)C(C)(N)Cc1cccnc1. The highest BCUT2D eigenvalue weighted by Crippen LogP contribution is 2.18. The van der Waals surface area contributed by atoms with Gasteiger partial charge >= 0.3 is 0 Å². The maximum Gasteiger partial charge on any atom is 0.0300 e. The average molecular weight is 178 g/mol. The zero-order valence-corrected chi connectivity index (χ0v) is 8.62. The fourth-order valence-corrected chi connectivity index (χ4v) is 1.15. The molecule has 72 valence electrons. The van der Waals surface area contributed by atoms with Crippen LogP contribution in [0.15, 0.2) is 24.5 Å². The smallest absolute Gasteiger partial charge is 0.0300 e. The number of rotatable bonds is 3. The third kappa shape index (κ3) is 2.81. The first kappa shape index (κ1) is 10.2. The van der Waals surface area contributed by atoms with E-state index in [4.69, 9.17) is 5.73 Å². The first-order valence-corrected chi connectivity index (χ1v) is 4.70. The lowest BCUT2D eigenvalue weighted by Crippen LogP contribution is -2.43. The molecule has 0 aliphatic carbocycles. The number of nitrogens with zero attached hydrogens (tertiary/aromatic N) is 1. The molecule has 0 spiro atoms. The van der Waals surface area contributed by atoms with Crippen LogP contribution in [0, 0.1) is 5.92 Å². The molecule has 1 aromatic heterocycles. The van der Waals surface area contributed by atoms with Crippen LogP contribution in [0.25, 0.3) is 0 Å². The summed E-state index contributed by atoms with van der Waals surface area (Å²) in [6.45, 7) is 6.39. The number of hydrogen-bond acceptors (Lipinski definition) is 2. The summed E-state index contributed by atoms with van der Waals surface area (Å²) >= 11 is 0. The Morgan fingerprint density at radius 2 is 2.23 bits per heavy atom. The summed E-state index contributed by atoms with van der Waals surface area (Å²) in [6, 6.07) is 4.02. The minimum atomic E-state index is -0.136. The molecule has 0 aliphatic heterocycles. The van der Waals surface area contributed by atoms with Gasteiger partial charge in [0.05, 0.1) is 0 Å². The van der Waals surface area contributed by atoms with E-state index in [1.165, 1.54) is 5.56 Å². The summed E-state index contributed by atoms with van der Waals surface area (Å²) in [4.78, 5) is 4.07. The van der Waals surface area contributed by atoms with Crippen molar-refractivity contribution < 1.29 is 0 Å². The van der Waals surface area contributed by atoms with Gasteiger partial charge in [-0.2, -0.15) is 0 Å². The standard InChI is InChI=1S/C11H18N2/c1-9(2)11(3,12)7-10-5-4-6-13-8-10/h4-6,8-9H,7,12H2,1-3H3. The highest BCUT2D eigenvalue weighted by atomic mass is 14.7. The summed E-state index contributed by atoms with van der Waals surface area (Å²) in [6.07, 6.45) is 4.55. The van der Waals surface area contributed by atoms with Crippen molar-refractivity contribution in [3.8, 4) is 0 Å². The molecule has 1 rings (SSSR count). The predicted molar refractivity (Wildman–Crippen MR) is 55.4 cm³/mol. The van der Waals surface area contributed by atoms with Crippen molar-refractivity contribution in [1.82, 2.24) is 4.98 Å². The Morgan fingerprint density at radius 3 is 2.69 bits per heavy atom. The number of pyridine rings is 1. The van der Waals surface area contributed by atoms with Crippen LogP contribution in [-0.2, 0) is 6.42 Å². The second-order valence-corrected chi connectivity index (χ2v) is 4.20. The second-order valence-electron chi connectivity index (χ2n) is 4.20. The Kier molecular flexibility index (Phi) is 3.04. The lowest BCUT2D eigenvalue weighted by atomic mass is 9.84. The molecule has 0 aromatic carbocycles. The van der Waals surface area contributed by atoms with Gasteiger partial charge in [-0.15, -0.1) is 0 Å². The van der Waals surface area contributed by atoms with E-state index >= 15 is 0 Å². The summed E-state index contributed by atoms with van der Waals surface area (Å²) in [5.74, 6) is 0.479. The number of nitrogens with two attached hydrogens (primary N) is 1. The van der Waals surface area contributed by atoms with Gasteiger partial charge in [0.1, 0.15) is 0 Å². The first-order valence-electron chi connectivity index (χ1n) is 4.70. The van der Waals surface area contributed by atoms with Gasteiger partial charge in [-0.1, -0.05) is 19.9 Å². The van der Waals surface area contributed by atoms with Crippen molar-refractivity contribution >= 4 is 0 Å². The third-order valence-corrected chi connectivity index (χ3v) is 2.63. The van der Waals surface area contributed by atoms with E-state index in [1.807, 2.05) is 12.3 Å². The van der Waals surface area contributed by atoms with Crippen molar-refractivity contribution in [3.05, 3.63) is 30.1 Å². The van der Waals surface area contributed by atoms with Crippen LogP contribution in [0.5, 0.6) is 0 Å². The zero-order valence-electron chi connectivity index (χ0n) is 8.62. The molecule has 0 amide bonds. The minimum absolute atomic E-state index is 0.136. The maximum absolute atomic E-state index is 6.16. The predicted octanol–water partition coefficient (Wildman–Crippen LogP) is 2.00. The molecule has 13 heavy (non-hydrogen) atoms. The molecule has 0 fully saturated rings. The Balaban J connectivity index is 2.69. The molecule has 2 heteroatoms. The molecule has 2 nitrogen and oxygen atoms in total. The van der Waals surface area contributed by atoms with Crippen molar-refractivity contribution in [2.24, 2.45) is 11.7 Å². The zero-order chi connectivity index (χ0) is 9.90. The van der Waals surface area contributed by atoms with Crippen molar-refractivity contribution in [3.63, 3.8) is 0 Å². The normalized spacial score (nSPS) is 15.8. The van der Waals surface area contributed by atoms with Crippen molar-refractivity contribution in [1.29, 1.82) is 0 Å². The van der Waals surface area contributed by atoms with Crippen LogP contribution < -0.4 is 5.73 Å². The summed E-state index contributed by atoms with van der Waals surface area (Å²) < 4.78 is 0. The molecule has 0 aliphatic rings. The van der Waals surface area contributed by atoms with E-state index in [2.05, 4.69) is 31.8 Å². The van der Waals surface area contributed by atoms with E-state index in [0.29, 0.717) is 5.92 Å². The van der Waals surface area contributed by atoms with E-state index < -0.39 is 0 Å². The fraction of sp³-hybridized carbons (Fsp3) is 0.545. The van der Waals surface area contributed by atoms with Gasteiger partial charge in [0.15, 0.2) is 0 Å². The van der Waals surface area contributed by atoms with Gasteiger partial charge in [-0.3, -0.25) is 4.98 Å².